The molecule has 0 aliphatic carbocycles. The van der Waals surface area contributed by atoms with Gasteiger partial charge in [-0.25, -0.2) is 5.43 Å². The van der Waals surface area contributed by atoms with Crippen molar-refractivity contribution in [2.75, 3.05) is 6.61 Å². The van der Waals surface area contributed by atoms with Crippen LogP contribution in [0.3, 0.4) is 0 Å². The normalized spacial score (nSPS) is 17.0. The van der Waals surface area contributed by atoms with Crippen LogP contribution < -0.4 is 14.9 Å². The zero-order valence-electron chi connectivity index (χ0n) is 14.0. The number of nitrogens with one attached hydrogen (secondary N) is 2. The first-order valence-corrected chi connectivity index (χ1v) is 7.84. The Hall–Kier alpha value is -2.76. The first-order chi connectivity index (χ1) is 11.4. The molecule has 126 valence electrons. The van der Waals surface area contributed by atoms with Gasteiger partial charge < -0.3 is 14.5 Å². The van der Waals surface area contributed by atoms with E-state index in [0.29, 0.717) is 11.5 Å². The zero-order chi connectivity index (χ0) is 17.2. The molecule has 0 unspecified atom stereocenters. The number of amides is 1. The molecule has 2 aromatic rings. The predicted octanol–water partition coefficient (Wildman–Crippen LogP) is 2.60. The van der Waals surface area contributed by atoms with Crippen molar-refractivity contribution in [2.45, 2.75) is 32.3 Å². The van der Waals surface area contributed by atoms with Crippen LogP contribution in [-0.2, 0) is 10.2 Å². The third-order valence-electron chi connectivity index (χ3n) is 3.76. The van der Waals surface area contributed by atoms with E-state index in [1.807, 2.05) is 30.3 Å². The molecule has 1 aromatic carbocycles. The van der Waals surface area contributed by atoms with E-state index in [1.54, 1.807) is 6.20 Å². The van der Waals surface area contributed by atoms with Gasteiger partial charge >= 0.3 is 0 Å². The largest absolute Gasteiger partial charge is 0.485 e. The molecule has 0 saturated heterocycles. The number of fused-ring (bicyclic) bond motifs is 1. The molecule has 0 bridgehead atoms. The molecule has 6 heteroatoms. The van der Waals surface area contributed by atoms with E-state index in [4.69, 9.17) is 9.47 Å². The number of hydrazone groups is 1. The lowest BCUT2D eigenvalue weighted by atomic mass is 9.87. The van der Waals surface area contributed by atoms with Gasteiger partial charge in [0.1, 0.15) is 6.61 Å². The summed E-state index contributed by atoms with van der Waals surface area (Å²) < 4.78 is 11.4. The van der Waals surface area contributed by atoms with Crippen LogP contribution in [0.1, 0.15) is 32.0 Å². The third-order valence-corrected chi connectivity index (χ3v) is 3.76. The summed E-state index contributed by atoms with van der Waals surface area (Å²) in [6, 6.07) is 9.53. The van der Waals surface area contributed by atoms with Gasteiger partial charge in [0.25, 0.3) is 5.91 Å². The van der Waals surface area contributed by atoms with E-state index in [2.05, 4.69) is 36.3 Å². The number of aromatic nitrogens is 1. The second-order valence-electron chi connectivity index (χ2n) is 6.69. The molecule has 1 aliphatic rings. The van der Waals surface area contributed by atoms with Gasteiger partial charge in [-0.05, 0) is 35.2 Å². The van der Waals surface area contributed by atoms with Gasteiger partial charge in [-0.1, -0.05) is 26.8 Å². The Morgan fingerprint density at radius 3 is 2.88 bits per heavy atom. The summed E-state index contributed by atoms with van der Waals surface area (Å²) in [6.07, 6.45) is 2.59. The SMILES string of the molecule is CC(C)(C)c1ccc2c(c1)O[C@@H](C(=O)N/N=C/c1ccc[nH]1)CO2. The van der Waals surface area contributed by atoms with E-state index >= 15 is 0 Å². The van der Waals surface area contributed by atoms with E-state index in [1.165, 1.54) is 6.21 Å². The number of aromatic amines is 1. The Bertz CT molecular complexity index is 745. The number of ether oxygens (including phenoxy) is 2. The molecule has 2 heterocycles. The Morgan fingerprint density at radius 1 is 1.33 bits per heavy atom. The van der Waals surface area contributed by atoms with E-state index in [9.17, 15) is 4.79 Å². The van der Waals surface area contributed by atoms with E-state index < -0.39 is 6.10 Å². The average Bonchev–Trinajstić information content (AvgIpc) is 3.06. The second kappa shape index (κ2) is 6.39. The number of hydrogen-bond donors (Lipinski definition) is 2. The lowest BCUT2D eigenvalue weighted by Gasteiger charge is -2.27. The summed E-state index contributed by atoms with van der Waals surface area (Å²) in [6.45, 7) is 6.53. The number of carbonyl (C=O) groups excluding carboxylic acids is 1. The van der Waals surface area contributed by atoms with Gasteiger partial charge in [0, 0.05) is 6.20 Å². The van der Waals surface area contributed by atoms with Gasteiger partial charge in [0.2, 0.25) is 6.10 Å². The summed E-state index contributed by atoms with van der Waals surface area (Å²) >= 11 is 0. The van der Waals surface area contributed by atoms with Crippen LogP contribution in [0, 0.1) is 0 Å². The zero-order valence-corrected chi connectivity index (χ0v) is 14.0. The fourth-order valence-electron chi connectivity index (χ4n) is 2.33. The van der Waals surface area contributed by atoms with Crippen molar-refractivity contribution in [1.29, 1.82) is 0 Å². The highest BCUT2D eigenvalue weighted by Crippen LogP contribution is 2.36. The molecule has 1 aliphatic heterocycles. The molecule has 1 amide bonds. The van der Waals surface area contributed by atoms with Crippen LogP contribution in [0.25, 0.3) is 0 Å². The van der Waals surface area contributed by atoms with Crippen LogP contribution in [0.5, 0.6) is 11.5 Å². The minimum atomic E-state index is -0.728. The van der Waals surface area contributed by atoms with Gasteiger partial charge in [-0.3, -0.25) is 4.79 Å². The maximum Gasteiger partial charge on any atom is 0.284 e. The van der Waals surface area contributed by atoms with Crippen molar-refractivity contribution < 1.29 is 14.3 Å². The van der Waals surface area contributed by atoms with Crippen LogP contribution >= 0.6 is 0 Å². The molecule has 6 nitrogen and oxygen atoms in total. The molecule has 0 saturated carbocycles. The number of hydrogen-bond acceptors (Lipinski definition) is 4. The molecule has 2 N–H and O–H groups in total. The Labute approximate surface area is 140 Å². The number of nitrogens with zero attached hydrogens (tertiary/aromatic N) is 1. The van der Waals surface area contributed by atoms with Crippen LogP contribution in [0.4, 0.5) is 0 Å². The smallest absolute Gasteiger partial charge is 0.284 e. The van der Waals surface area contributed by atoms with E-state index in [-0.39, 0.29) is 17.9 Å². The summed E-state index contributed by atoms with van der Waals surface area (Å²) in [5, 5.41) is 3.91. The molecule has 1 atom stereocenters. The fourth-order valence-corrected chi connectivity index (χ4v) is 2.33. The molecule has 3 rings (SSSR count). The molecule has 0 radical (unpaired) electrons. The monoisotopic (exact) mass is 327 g/mol. The topological polar surface area (TPSA) is 75.7 Å². The standard InChI is InChI=1S/C18H21N3O3/c1-18(2,3)12-6-7-14-15(9-12)24-16(11-23-14)17(22)21-20-10-13-5-4-8-19-13/h4-10,16,19H,11H2,1-3H3,(H,21,22)/b20-10+/t16-/m1/s1. The predicted molar refractivity (Wildman–Crippen MR) is 91.6 cm³/mol. The van der Waals surface area contributed by atoms with Crippen LogP contribution in [0.15, 0.2) is 41.6 Å². The van der Waals surface area contributed by atoms with Crippen molar-refractivity contribution in [1.82, 2.24) is 10.4 Å². The summed E-state index contributed by atoms with van der Waals surface area (Å²) in [4.78, 5) is 15.1. The minimum absolute atomic E-state index is 0.00603. The highest BCUT2D eigenvalue weighted by molar-refractivity contribution is 5.84. The van der Waals surface area contributed by atoms with Crippen molar-refractivity contribution in [3.63, 3.8) is 0 Å². The van der Waals surface area contributed by atoms with Crippen molar-refractivity contribution in [3.8, 4) is 11.5 Å². The summed E-state index contributed by atoms with van der Waals surface area (Å²) in [5.74, 6) is 0.897. The van der Waals surface area contributed by atoms with Crippen LogP contribution in [0.2, 0.25) is 0 Å². The number of carbonyl (C=O) groups is 1. The molecule has 0 fully saturated rings. The van der Waals surface area contributed by atoms with Crippen LogP contribution in [-0.4, -0.2) is 29.8 Å². The Kier molecular flexibility index (Phi) is 4.29. The highest BCUT2D eigenvalue weighted by Gasteiger charge is 2.28. The van der Waals surface area contributed by atoms with Crippen molar-refractivity contribution in [3.05, 3.63) is 47.8 Å². The minimum Gasteiger partial charge on any atom is -0.485 e. The second-order valence-corrected chi connectivity index (χ2v) is 6.69. The third kappa shape index (κ3) is 3.59. The number of benzene rings is 1. The van der Waals surface area contributed by atoms with Crippen molar-refractivity contribution in [2.24, 2.45) is 5.10 Å². The fraction of sp³-hybridized carbons (Fsp3) is 0.333. The molecular formula is C18H21N3O3. The molecule has 0 spiro atoms. The molecule has 24 heavy (non-hydrogen) atoms. The lowest BCUT2D eigenvalue weighted by Crippen LogP contribution is -2.42. The number of rotatable bonds is 3. The van der Waals surface area contributed by atoms with Gasteiger partial charge in [0.15, 0.2) is 11.5 Å². The lowest BCUT2D eigenvalue weighted by molar-refractivity contribution is -0.130. The Morgan fingerprint density at radius 2 is 2.17 bits per heavy atom. The first-order valence-electron chi connectivity index (χ1n) is 7.84. The molecular weight excluding hydrogens is 306 g/mol. The maximum atomic E-state index is 12.2. The highest BCUT2D eigenvalue weighted by atomic mass is 16.6. The average molecular weight is 327 g/mol. The molecule has 1 aromatic heterocycles. The van der Waals surface area contributed by atoms with Gasteiger partial charge in [-0.2, -0.15) is 5.10 Å². The Balaban J connectivity index is 1.66. The number of H-pyrrole nitrogens is 1. The van der Waals surface area contributed by atoms with Crippen molar-refractivity contribution >= 4 is 12.1 Å². The first kappa shape index (κ1) is 16.1. The maximum absolute atomic E-state index is 12.2. The summed E-state index contributed by atoms with van der Waals surface area (Å²) in [7, 11) is 0. The van der Waals surface area contributed by atoms with Gasteiger partial charge in [0.05, 0.1) is 11.9 Å². The van der Waals surface area contributed by atoms with Gasteiger partial charge in [-0.15, -0.1) is 0 Å². The summed E-state index contributed by atoms with van der Waals surface area (Å²) in [5.41, 5.74) is 4.39. The van der Waals surface area contributed by atoms with E-state index in [0.717, 1.165) is 11.3 Å². The quantitative estimate of drug-likeness (QED) is 0.672.